The number of nitrogens with one attached hydrogen (secondary N) is 2. The van der Waals surface area contributed by atoms with Crippen molar-refractivity contribution in [1.82, 2.24) is 19.9 Å². The first-order chi connectivity index (χ1) is 40.6. The quantitative estimate of drug-likeness (QED) is 0.159. The van der Waals surface area contributed by atoms with Crippen molar-refractivity contribution in [2.75, 3.05) is 0 Å². The number of rotatable bonds is 0. The molecule has 8 bridgehead atoms. The molecule has 0 unspecified atom stereocenters. The predicted octanol–water partition coefficient (Wildman–Crippen LogP) is 24.3. The number of benzene rings is 8. The molecule has 13 rings (SSSR count). The minimum absolute atomic E-state index is 0.0419. The van der Waals surface area contributed by atoms with Gasteiger partial charge in [-0.1, -0.05) is 215 Å². The molecule has 450 valence electrons. The van der Waals surface area contributed by atoms with Crippen molar-refractivity contribution in [3.05, 3.63) is 166 Å². The summed E-state index contributed by atoms with van der Waals surface area (Å²) in [6, 6.07) is 48.7. The molecule has 4 nitrogen and oxygen atoms in total. The van der Waals surface area contributed by atoms with E-state index >= 15 is 0 Å². The number of hydrogen-bond donors (Lipinski definition) is 2. The average molecular weight is 1160 g/mol. The largest absolute Gasteiger partial charge is 0.354 e. The molecule has 4 heteroatoms. The highest BCUT2D eigenvalue weighted by atomic mass is 14.8. The molecule has 2 N–H and O–H groups in total. The highest BCUT2D eigenvalue weighted by molar-refractivity contribution is 6.17. The molecule has 8 aromatic carbocycles. The maximum absolute atomic E-state index is 5.85. The van der Waals surface area contributed by atoms with Crippen LogP contribution in [-0.2, 0) is 43.3 Å². The first-order valence-corrected chi connectivity index (χ1v) is 32.4. The van der Waals surface area contributed by atoms with Crippen molar-refractivity contribution in [3.63, 3.8) is 0 Å². The molecule has 0 amide bonds. The minimum Gasteiger partial charge on any atom is -0.354 e. The van der Waals surface area contributed by atoms with Gasteiger partial charge in [0.1, 0.15) is 0 Å². The van der Waals surface area contributed by atoms with E-state index < -0.39 is 0 Å². The SMILES string of the molecule is CC(C)(C)c1cc(C(C)(C)C)c2cc3c(cc2c1)-c1cc2[nH]c(cc4nc(cc5[nH]c(cc-3n1)c1cc3cc(C(C)(C)C)cc(C(C)(C)C)c3cc51)-c1cc3cc(C(C)(C)C)cc(C(C)(C)C)c3cc1-4)c1cc3cc(C(C)(C)C)cc(C(C)(C)C)c3cc21. The normalized spacial score (nSPS) is 13.9. The standard InChI is InChI=1S/C84H94N4/c1-77(2,3)49-25-45-29-57-61(37-53(45)65(33-49)81(13,14)15)73-42-70-59-31-47-27-51(79(7,8)9)35-67(83(19,20)21)55(47)39-63(59)75(87-70)44-72-60-32-48-28-52(80(10,11)12)36-68(84(22,23)24)56(48)40-64(60)76(88-72)43-71-58-30-46-26-50(78(4,5)6)34-66(82(16,17)18)54(46)38-62(58)74(86-71)41-69(57)85-73/h25-44,85,88H,1-24H3. The van der Waals surface area contributed by atoms with Crippen LogP contribution in [0.15, 0.2) is 121 Å². The summed E-state index contributed by atoms with van der Waals surface area (Å²) >= 11 is 0. The van der Waals surface area contributed by atoms with E-state index in [-0.39, 0.29) is 43.3 Å². The molecular weight excluding hydrogens is 1060 g/mol. The van der Waals surface area contributed by atoms with Crippen LogP contribution in [0.1, 0.15) is 211 Å². The van der Waals surface area contributed by atoms with Crippen molar-refractivity contribution in [1.29, 1.82) is 0 Å². The van der Waals surface area contributed by atoms with Gasteiger partial charge in [0.15, 0.2) is 0 Å². The molecule has 11 aromatic rings. The van der Waals surface area contributed by atoms with Crippen molar-refractivity contribution < 1.29 is 0 Å². The van der Waals surface area contributed by atoms with Crippen LogP contribution in [0.4, 0.5) is 0 Å². The van der Waals surface area contributed by atoms with Gasteiger partial charge in [0.2, 0.25) is 0 Å². The first kappa shape index (κ1) is 59.4. The Bertz CT molecular complexity index is 4690. The summed E-state index contributed by atoms with van der Waals surface area (Å²) in [7, 11) is 0. The fraction of sp³-hybridized carbons (Fsp3) is 0.381. The Hall–Kier alpha value is -7.56. The third kappa shape index (κ3) is 10.0. The van der Waals surface area contributed by atoms with Crippen molar-refractivity contribution in [3.8, 4) is 45.0 Å². The molecule has 0 saturated heterocycles. The van der Waals surface area contributed by atoms with Gasteiger partial charge in [-0.15, -0.1) is 0 Å². The van der Waals surface area contributed by atoms with Gasteiger partial charge >= 0.3 is 0 Å². The van der Waals surface area contributed by atoms with E-state index in [0.717, 1.165) is 88.6 Å². The molecule has 0 aliphatic carbocycles. The van der Waals surface area contributed by atoms with E-state index in [1.165, 1.54) is 87.6 Å². The number of aromatic amines is 2. The monoisotopic (exact) mass is 1160 g/mol. The fourth-order valence-electron chi connectivity index (χ4n) is 14.1. The zero-order chi connectivity index (χ0) is 63.4. The van der Waals surface area contributed by atoms with Gasteiger partial charge in [-0.25, -0.2) is 9.97 Å². The molecular formula is C84H94N4. The van der Waals surface area contributed by atoms with Crippen LogP contribution in [0.5, 0.6) is 0 Å². The van der Waals surface area contributed by atoms with Crippen molar-refractivity contribution >= 4 is 86.7 Å². The van der Waals surface area contributed by atoms with Crippen LogP contribution in [0.2, 0.25) is 0 Å². The molecule has 0 fully saturated rings. The maximum Gasteiger partial charge on any atom is 0.0737 e. The Kier molecular flexibility index (Phi) is 12.8. The Labute approximate surface area is 524 Å². The van der Waals surface area contributed by atoms with Crippen LogP contribution in [0.3, 0.4) is 0 Å². The molecule has 0 radical (unpaired) electrons. The van der Waals surface area contributed by atoms with Gasteiger partial charge in [-0.05, 0) is 204 Å². The second-order valence-electron chi connectivity index (χ2n) is 34.8. The Morgan fingerprint density at radius 3 is 0.659 bits per heavy atom. The lowest BCUT2D eigenvalue weighted by Crippen LogP contribution is -2.16. The van der Waals surface area contributed by atoms with Crippen LogP contribution in [0.25, 0.3) is 132 Å². The van der Waals surface area contributed by atoms with Gasteiger partial charge in [0.05, 0.1) is 22.8 Å². The molecule has 3 aromatic heterocycles. The maximum atomic E-state index is 5.85. The average Bonchev–Trinajstić information content (AvgIpc) is 1.49. The molecule has 0 saturated carbocycles. The summed E-state index contributed by atoms with van der Waals surface area (Å²) in [5.74, 6) is 0. The van der Waals surface area contributed by atoms with Crippen molar-refractivity contribution in [2.45, 2.75) is 209 Å². The molecule has 5 heterocycles. The summed E-state index contributed by atoms with van der Waals surface area (Å²) in [6.07, 6.45) is 0. The topological polar surface area (TPSA) is 57.4 Å². The highest BCUT2D eigenvalue weighted by Gasteiger charge is 2.31. The summed E-state index contributed by atoms with van der Waals surface area (Å²) in [4.78, 5) is 20.0. The predicted molar refractivity (Wildman–Crippen MR) is 384 cm³/mol. The highest BCUT2D eigenvalue weighted by Crippen LogP contribution is 2.49. The smallest absolute Gasteiger partial charge is 0.0737 e. The first-order valence-electron chi connectivity index (χ1n) is 32.4. The molecule has 88 heavy (non-hydrogen) atoms. The second-order valence-corrected chi connectivity index (χ2v) is 34.8. The van der Waals surface area contributed by atoms with E-state index in [9.17, 15) is 0 Å². The van der Waals surface area contributed by atoms with Gasteiger partial charge in [-0.3, -0.25) is 0 Å². The van der Waals surface area contributed by atoms with Gasteiger partial charge in [0.25, 0.3) is 0 Å². The van der Waals surface area contributed by atoms with E-state index in [1.807, 2.05) is 0 Å². The number of fused-ring (bicyclic) bond motifs is 24. The number of hydrogen-bond acceptors (Lipinski definition) is 2. The summed E-state index contributed by atoms with van der Waals surface area (Å²) < 4.78 is 0. The van der Waals surface area contributed by atoms with Gasteiger partial charge in [0, 0.05) is 65.9 Å². The van der Waals surface area contributed by atoms with Crippen LogP contribution >= 0.6 is 0 Å². The Morgan fingerprint density at radius 2 is 0.420 bits per heavy atom. The third-order valence-electron chi connectivity index (χ3n) is 19.5. The lowest BCUT2D eigenvalue weighted by Gasteiger charge is -2.27. The molecule has 2 aliphatic rings. The summed E-state index contributed by atoms with van der Waals surface area (Å²) in [6.45, 7) is 56.3. The second kappa shape index (κ2) is 19.0. The molecule has 2 aliphatic heterocycles. The van der Waals surface area contributed by atoms with Crippen LogP contribution in [-0.4, -0.2) is 19.9 Å². The van der Waals surface area contributed by atoms with E-state index in [2.05, 4.69) is 297 Å². The number of nitrogens with zero attached hydrogens (tertiary/aromatic N) is 2. The van der Waals surface area contributed by atoms with Crippen LogP contribution in [0, 0.1) is 0 Å². The third-order valence-corrected chi connectivity index (χ3v) is 19.5. The van der Waals surface area contributed by atoms with Gasteiger partial charge in [-0.2, -0.15) is 0 Å². The number of H-pyrrole nitrogens is 2. The van der Waals surface area contributed by atoms with E-state index in [4.69, 9.17) is 9.97 Å². The van der Waals surface area contributed by atoms with E-state index in [1.54, 1.807) is 0 Å². The number of aromatic nitrogens is 4. The summed E-state index contributed by atoms with van der Waals surface area (Å²) in [5, 5.41) is 14.7. The van der Waals surface area contributed by atoms with Gasteiger partial charge < -0.3 is 9.97 Å². The fourth-order valence-corrected chi connectivity index (χ4v) is 14.1. The molecule has 0 spiro atoms. The Balaban J connectivity index is 1.25. The Morgan fingerprint density at radius 1 is 0.205 bits per heavy atom. The molecule has 0 atom stereocenters. The van der Waals surface area contributed by atoms with Crippen molar-refractivity contribution in [2.24, 2.45) is 0 Å². The zero-order valence-electron chi connectivity index (χ0n) is 57.4. The van der Waals surface area contributed by atoms with Crippen LogP contribution < -0.4 is 0 Å². The lowest BCUT2D eigenvalue weighted by atomic mass is 9.77. The lowest BCUT2D eigenvalue weighted by molar-refractivity contribution is 0.572. The minimum atomic E-state index is -0.106. The van der Waals surface area contributed by atoms with E-state index in [0.29, 0.717) is 0 Å². The summed E-state index contributed by atoms with van der Waals surface area (Å²) in [5.41, 5.74) is 22.6. The zero-order valence-corrected chi connectivity index (χ0v) is 57.4.